The van der Waals surface area contributed by atoms with Crippen molar-refractivity contribution in [3.63, 3.8) is 0 Å². The number of carbonyl (C=O) groups excluding carboxylic acids is 2. The van der Waals surface area contributed by atoms with Crippen LogP contribution in [0, 0.1) is 5.92 Å². The van der Waals surface area contributed by atoms with E-state index in [1.54, 1.807) is 4.90 Å². The monoisotopic (exact) mass is 348 g/mol. The molecule has 1 unspecified atom stereocenters. The molecule has 2 amide bonds. The number of nitrogens with zero attached hydrogens (tertiary/aromatic N) is 2. The average Bonchev–Trinajstić information content (AvgIpc) is 3.15. The highest BCUT2D eigenvalue weighted by molar-refractivity contribution is 5.89. The Morgan fingerprint density at radius 3 is 2.29 bits per heavy atom. The highest BCUT2D eigenvalue weighted by Crippen LogP contribution is 2.39. The highest BCUT2D eigenvalue weighted by Gasteiger charge is 2.55. The third-order valence-electron chi connectivity index (χ3n) is 5.70. The first-order chi connectivity index (χ1) is 11.2. The number of hydrogen-bond acceptors (Lipinski definition) is 3. The van der Waals surface area contributed by atoms with Crippen LogP contribution in [0.3, 0.4) is 0 Å². The van der Waals surface area contributed by atoms with E-state index in [1.165, 1.54) is 4.90 Å². The van der Waals surface area contributed by atoms with Gasteiger partial charge in [0.25, 0.3) is 0 Å². The Hall–Kier alpha value is -1.31. The molecule has 2 heterocycles. The summed E-state index contributed by atoms with van der Waals surface area (Å²) >= 11 is 0. The van der Waals surface area contributed by atoms with Gasteiger partial charge in [-0.05, 0) is 12.8 Å². The van der Waals surface area contributed by atoms with Crippen LogP contribution in [-0.4, -0.2) is 64.2 Å². The molecule has 2 aliphatic heterocycles. The van der Waals surface area contributed by atoms with Gasteiger partial charge in [0.05, 0.1) is 5.92 Å². The van der Waals surface area contributed by atoms with Gasteiger partial charge in [0.1, 0.15) is 0 Å². The Morgan fingerprint density at radius 1 is 1.17 bits per heavy atom. The predicted octanol–water partition coefficient (Wildman–Crippen LogP) is 1.69. The number of carbonyl (C=O) groups is 2. The van der Waals surface area contributed by atoms with Gasteiger partial charge >= 0.3 is 6.18 Å². The summed E-state index contributed by atoms with van der Waals surface area (Å²) in [6.07, 6.45) is -1.42. The van der Waals surface area contributed by atoms with Crippen LogP contribution in [0.25, 0.3) is 0 Å². The lowest BCUT2D eigenvalue weighted by Gasteiger charge is -2.39. The minimum Gasteiger partial charge on any atom is -0.380 e. The number of amides is 2. The number of likely N-dealkylation sites (tertiary alicyclic amines) is 2. The Labute approximate surface area is 138 Å². The molecule has 0 aromatic heterocycles. The molecule has 2 saturated heterocycles. The standard InChI is InChI=1S/C16H23F3N2O3/c17-16(18,19)15(24)5-7-20(8-6-15)14(23)11-9-13(22)21(10-11)12-3-1-2-4-12/h11-12,24H,1-10H2. The lowest BCUT2D eigenvalue weighted by molar-refractivity contribution is -0.272. The quantitative estimate of drug-likeness (QED) is 0.826. The van der Waals surface area contributed by atoms with Crippen LogP contribution >= 0.6 is 0 Å². The minimum atomic E-state index is -4.68. The second-order valence-electron chi connectivity index (χ2n) is 7.24. The topological polar surface area (TPSA) is 60.9 Å². The summed E-state index contributed by atoms with van der Waals surface area (Å²) in [5.41, 5.74) is -2.70. The molecule has 136 valence electrons. The fraction of sp³-hybridized carbons (Fsp3) is 0.875. The fourth-order valence-electron chi connectivity index (χ4n) is 4.10. The molecule has 8 heteroatoms. The maximum Gasteiger partial charge on any atom is 0.417 e. The van der Waals surface area contributed by atoms with E-state index in [0.717, 1.165) is 25.7 Å². The third-order valence-corrected chi connectivity index (χ3v) is 5.70. The Morgan fingerprint density at radius 2 is 1.75 bits per heavy atom. The highest BCUT2D eigenvalue weighted by atomic mass is 19.4. The van der Waals surface area contributed by atoms with Crippen LogP contribution in [0.15, 0.2) is 0 Å². The van der Waals surface area contributed by atoms with E-state index in [0.29, 0.717) is 6.54 Å². The molecule has 24 heavy (non-hydrogen) atoms. The van der Waals surface area contributed by atoms with Gasteiger partial charge in [-0.2, -0.15) is 13.2 Å². The van der Waals surface area contributed by atoms with Gasteiger partial charge < -0.3 is 14.9 Å². The lowest BCUT2D eigenvalue weighted by atomic mass is 9.90. The normalized spacial score (nSPS) is 28.7. The zero-order valence-corrected chi connectivity index (χ0v) is 13.5. The van der Waals surface area contributed by atoms with Gasteiger partial charge in [-0.3, -0.25) is 9.59 Å². The fourth-order valence-corrected chi connectivity index (χ4v) is 4.10. The molecule has 1 aliphatic carbocycles. The SMILES string of the molecule is O=C(C1CC(=O)N(C2CCCC2)C1)N1CCC(O)(C(F)(F)F)CC1. The molecule has 1 saturated carbocycles. The number of aliphatic hydroxyl groups is 1. The number of piperidine rings is 1. The van der Waals surface area contributed by atoms with Crippen molar-refractivity contribution < 1.29 is 27.9 Å². The van der Waals surface area contributed by atoms with Crippen molar-refractivity contribution in [3.05, 3.63) is 0 Å². The van der Waals surface area contributed by atoms with Crippen LogP contribution < -0.4 is 0 Å². The van der Waals surface area contributed by atoms with Crippen LogP contribution in [0.2, 0.25) is 0 Å². The van der Waals surface area contributed by atoms with Gasteiger partial charge in [-0.1, -0.05) is 12.8 Å². The van der Waals surface area contributed by atoms with Gasteiger partial charge in [-0.25, -0.2) is 0 Å². The molecule has 0 bridgehead atoms. The molecule has 0 radical (unpaired) electrons. The summed E-state index contributed by atoms with van der Waals surface area (Å²) in [6, 6.07) is 0.215. The van der Waals surface area contributed by atoms with E-state index in [1.807, 2.05) is 0 Å². The molecule has 0 aromatic carbocycles. The van der Waals surface area contributed by atoms with Crippen molar-refractivity contribution in [1.29, 1.82) is 0 Å². The van der Waals surface area contributed by atoms with Crippen molar-refractivity contribution in [2.24, 2.45) is 5.92 Å². The lowest BCUT2D eigenvalue weighted by Crippen LogP contribution is -2.55. The summed E-state index contributed by atoms with van der Waals surface area (Å²) in [7, 11) is 0. The molecular formula is C16H23F3N2O3. The van der Waals surface area contributed by atoms with Crippen molar-refractivity contribution in [1.82, 2.24) is 9.80 Å². The Kier molecular flexibility index (Phi) is 4.53. The van der Waals surface area contributed by atoms with Crippen molar-refractivity contribution in [3.8, 4) is 0 Å². The largest absolute Gasteiger partial charge is 0.417 e. The molecule has 0 spiro atoms. The van der Waals surface area contributed by atoms with Crippen LogP contribution in [0.5, 0.6) is 0 Å². The van der Waals surface area contributed by atoms with Crippen LogP contribution in [0.1, 0.15) is 44.9 Å². The number of rotatable bonds is 2. The zero-order valence-electron chi connectivity index (χ0n) is 13.5. The van der Waals surface area contributed by atoms with E-state index < -0.39 is 30.5 Å². The van der Waals surface area contributed by atoms with Crippen molar-refractivity contribution in [2.75, 3.05) is 19.6 Å². The Bertz CT molecular complexity index is 509. The first-order valence-electron chi connectivity index (χ1n) is 8.59. The van der Waals surface area contributed by atoms with E-state index in [9.17, 15) is 27.9 Å². The second kappa shape index (κ2) is 6.20. The zero-order chi connectivity index (χ0) is 17.5. The molecule has 3 fully saturated rings. The molecule has 3 aliphatic rings. The first kappa shape index (κ1) is 17.5. The predicted molar refractivity (Wildman–Crippen MR) is 78.9 cm³/mol. The smallest absolute Gasteiger partial charge is 0.380 e. The molecular weight excluding hydrogens is 325 g/mol. The average molecular weight is 348 g/mol. The minimum absolute atomic E-state index is 0.0240. The Balaban J connectivity index is 1.57. The van der Waals surface area contributed by atoms with Crippen LogP contribution in [0.4, 0.5) is 13.2 Å². The molecule has 5 nitrogen and oxygen atoms in total. The summed E-state index contributed by atoms with van der Waals surface area (Å²) in [4.78, 5) is 27.9. The molecule has 0 aromatic rings. The van der Waals surface area contributed by atoms with E-state index in [-0.39, 0.29) is 37.4 Å². The molecule has 1 N–H and O–H groups in total. The number of hydrogen-bond donors (Lipinski definition) is 1. The summed E-state index contributed by atoms with van der Waals surface area (Å²) < 4.78 is 38.5. The summed E-state index contributed by atoms with van der Waals surface area (Å²) in [5, 5.41) is 9.68. The van der Waals surface area contributed by atoms with Crippen molar-refractivity contribution >= 4 is 11.8 Å². The number of halogens is 3. The molecule has 3 rings (SSSR count). The van der Waals surface area contributed by atoms with Gasteiger partial charge in [0.2, 0.25) is 11.8 Å². The third kappa shape index (κ3) is 3.12. The van der Waals surface area contributed by atoms with Gasteiger partial charge in [0.15, 0.2) is 5.60 Å². The first-order valence-corrected chi connectivity index (χ1v) is 8.59. The molecule has 1 atom stereocenters. The van der Waals surface area contributed by atoms with E-state index in [4.69, 9.17) is 0 Å². The maximum absolute atomic E-state index is 12.8. The van der Waals surface area contributed by atoms with E-state index in [2.05, 4.69) is 0 Å². The van der Waals surface area contributed by atoms with Gasteiger partial charge in [0, 0.05) is 44.9 Å². The summed E-state index contributed by atoms with van der Waals surface area (Å²) in [5.74, 6) is -0.743. The van der Waals surface area contributed by atoms with Crippen molar-refractivity contribution in [2.45, 2.75) is 62.8 Å². The summed E-state index contributed by atoms with van der Waals surface area (Å²) in [6.45, 7) is 0.133. The van der Waals surface area contributed by atoms with Crippen LogP contribution in [-0.2, 0) is 9.59 Å². The second-order valence-corrected chi connectivity index (χ2v) is 7.24. The number of alkyl halides is 3. The van der Waals surface area contributed by atoms with Gasteiger partial charge in [-0.15, -0.1) is 0 Å². The van der Waals surface area contributed by atoms with E-state index >= 15 is 0 Å². The maximum atomic E-state index is 12.8.